The standard InChI is InChI=1S/C21H18O6/c1-12-20(26-15-5-3-4-14(10-15)24-2)19(22)17-9-8-16(11-18(17)25-12)27-21(23)13-6-7-13/h3-5,8-11,13H,6-7H2,1-2H3. The van der Waals surface area contributed by atoms with E-state index in [2.05, 4.69) is 0 Å². The number of ether oxygens (including phenoxy) is 3. The van der Waals surface area contributed by atoms with Crippen LogP contribution in [0.25, 0.3) is 11.0 Å². The first kappa shape index (κ1) is 17.1. The predicted molar refractivity (Wildman–Crippen MR) is 98.6 cm³/mol. The van der Waals surface area contributed by atoms with Gasteiger partial charge in [0.05, 0.1) is 18.4 Å². The molecule has 1 fully saturated rings. The third kappa shape index (κ3) is 3.51. The van der Waals surface area contributed by atoms with E-state index in [1.165, 1.54) is 0 Å². The van der Waals surface area contributed by atoms with Crippen LogP contribution < -0.4 is 19.6 Å². The van der Waals surface area contributed by atoms with Gasteiger partial charge in [0.2, 0.25) is 11.2 Å². The highest BCUT2D eigenvalue weighted by Gasteiger charge is 2.31. The number of methoxy groups -OCH3 is 1. The van der Waals surface area contributed by atoms with Crippen molar-refractivity contribution >= 4 is 16.9 Å². The van der Waals surface area contributed by atoms with Gasteiger partial charge in [-0.15, -0.1) is 0 Å². The van der Waals surface area contributed by atoms with Gasteiger partial charge < -0.3 is 18.6 Å². The van der Waals surface area contributed by atoms with Crippen LogP contribution in [0.2, 0.25) is 0 Å². The molecule has 0 N–H and O–H groups in total. The molecule has 0 aliphatic heterocycles. The van der Waals surface area contributed by atoms with Gasteiger partial charge >= 0.3 is 5.97 Å². The highest BCUT2D eigenvalue weighted by atomic mass is 16.5. The number of aryl methyl sites for hydroxylation is 1. The minimum atomic E-state index is -0.295. The molecule has 0 saturated heterocycles. The molecule has 1 heterocycles. The van der Waals surface area contributed by atoms with Crippen LogP contribution in [0.1, 0.15) is 18.6 Å². The Bertz CT molecular complexity index is 1080. The van der Waals surface area contributed by atoms with Crippen molar-refractivity contribution in [3.05, 3.63) is 58.4 Å². The van der Waals surface area contributed by atoms with E-state index in [-0.39, 0.29) is 23.1 Å². The van der Waals surface area contributed by atoms with Gasteiger partial charge in [0.25, 0.3) is 0 Å². The lowest BCUT2D eigenvalue weighted by Crippen LogP contribution is -2.10. The van der Waals surface area contributed by atoms with E-state index in [0.717, 1.165) is 12.8 Å². The number of hydrogen-bond acceptors (Lipinski definition) is 6. The second kappa shape index (κ2) is 6.79. The first-order valence-electron chi connectivity index (χ1n) is 8.66. The van der Waals surface area contributed by atoms with Gasteiger partial charge in [0.15, 0.2) is 0 Å². The lowest BCUT2D eigenvalue weighted by Gasteiger charge is -2.10. The zero-order valence-corrected chi connectivity index (χ0v) is 15.0. The first-order chi connectivity index (χ1) is 13.0. The molecule has 1 saturated carbocycles. The molecule has 3 aromatic rings. The summed E-state index contributed by atoms with van der Waals surface area (Å²) in [4.78, 5) is 24.6. The summed E-state index contributed by atoms with van der Waals surface area (Å²) in [6, 6.07) is 11.7. The Kier molecular flexibility index (Phi) is 4.32. The van der Waals surface area contributed by atoms with Crippen LogP contribution in [0.5, 0.6) is 23.0 Å². The highest BCUT2D eigenvalue weighted by molar-refractivity contribution is 5.82. The number of benzene rings is 2. The van der Waals surface area contributed by atoms with Crippen molar-refractivity contribution in [2.75, 3.05) is 7.11 Å². The van der Waals surface area contributed by atoms with Gasteiger partial charge in [-0.05, 0) is 44.0 Å². The largest absolute Gasteiger partial charge is 0.497 e. The van der Waals surface area contributed by atoms with Crippen LogP contribution in [-0.4, -0.2) is 13.1 Å². The predicted octanol–water partition coefficient (Wildman–Crippen LogP) is 4.22. The monoisotopic (exact) mass is 366 g/mol. The summed E-state index contributed by atoms with van der Waals surface area (Å²) in [6.07, 6.45) is 1.73. The fourth-order valence-corrected chi connectivity index (χ4v) is 2.75. The fraction of sp³-hybridized carbons (Fsp3) is 0.238. The minimum Gasteiger partial charge on any atom is -0.497 e. The molecule has 27 heavy (non-hydrogen) atoms. The van der Waals surface area contributed by atoms with Crippen LogP contribution in [-0.2, 0) is 4.79 Å². The summed E-state index contributed by atoms with van der Waals surface area (Å²) in [5.41, 5.74) is 0.0493. The molecule has 6 nitrogen and oxygen atoms in total. The maximum atomic E-state index is 12.8. The summed E-state index contributed by atoms with van der Waals surface area (Å²) in [5, 5.41) is 0.352. The Labute approximate surface area is 155 Å². The van der Waals surface area contributed by atoms with Gasteiger partial charge in [-0.3, -0.25) is 9.59 Å². The normalized spacial score (nSPS) is 13.4. The van der Waals surface area contributed by atoms with Gasteiger partial charge in [-0.1, -0.05) is 6.07 Å². The molecule has 0 radical (unpaired) electrons. The van der Waals surface area contributed by atoms with Crippen molar-refractivity contribution in [2.24, 2.45) is 5.92 Å². The quantitative estimate of drug-likeness (QED) is 0.497. The van der Waals surface area contributed by atoms with Crippen LogP contribution in [0, 0.1) is 12.8 Å². The molecule has 0 bridgehead atoms. The molecule has 138 valence electrons. The average molecular weight is 366 g/mol. The molecular formula is C21H18O6. The van der Waals surface area contributed by atoms with Gasteiger partial charge in [-0.25, -0.2) is 0 Å². The lowest BCUT2D eigenvalue weighted by molar-refractivity contribution is -0.135. The molecule has 2 aromatic carbocycles. The molecule has 6 heteroatoms. The zero-order chi connectivity index (χ0) is 19.0. The van der Waals surface area contributed by atoms with Crippen molar-refractivity contribution in [2.45, 2.75) is 19.8 Å². The Morgan fingerprint density at radius 3 is 2.59 bits per heavy atom. The smallest absolute Gasteiger partial charge is 0.314 e. The van der Waals surface area contributed by atoms with Crippen molar-refractivity contribution in [3.8, 4) is 23.0 Å². The Hall–Kier alpha value is -3.28. The summed E-state index contributed by atoms with van der Waals surface area (Å²) < 4.78 is 22.0. The van der Waals surface area contributed by atoms with Crippen LogP contribution in [0.15, 0.2) is 51.7 Å². The van der Waals surface area contributed by atoms with Crippen molar-refractivity contribution in [3.63, 3.8) is 0 Å². The first-order valence-corrected chi connectivity index (χ1v) is 8.66. The van der Waals surface area contributed by atoms with Crippen molar-refractivity contribution in [1.29, 1.82) is 0 Å². The maximum absolute atomic E-state index is 12.8. The number of hydrogen-bond donors (Lipinski definition) is 0. The molecule has 1 aliphatic carbocycles. The van der Waals surface area contributed by atoms with E-state index >= 15 is 0 Å². The molecule has 4 rings (SSSR count). The highest BCUT2D eigenvalue weighted by Crippen LogP contribution is 2.32. The zero-order valence-electron chi connectivity index (χ0n) is 15.0. The lowest BCUT2D eigenvalue weighted by atomic mass is 10.2. The van der Waals surface area contributed by atoms with Crippen LogP contribution in [0.3, 0.4) is 0 Å². The second-order valence-electron chi connectivity index (χ2n) is 6.45. The van der Waals surface area contributed by atoms with Crippen molar-refractivity contribution in [1.82, 2.24) is 0 Å². The van der Waals surface area contributed by atoms with Gasteiger partial charge in [-0.2, -0.15) is 0 Å². The third-order valence-electron chi connectivity index (χ3n) is 4.38. The van der Waals surface area contributed by atoms with E-state index < -0.39 is 0 Å². The number of carbonyl (C=O) groups excluding carboxylic acids is 1. The van der Waals surface area contributed by atoms with Gasteiger partial charge in [0, 0.05) is 12.1 Å². The number of esters is 1. The van der Waals surface area contributed by atoms with E-state index in [1.54, 1.807) is 56.5 Å². The summed E-state index contributed by atoms with van der Waals surface area (Å²) in [7, 11) is 1.56. The Balaban J connectivity index is 1.67. The molecular weight excluding hydrogens is 348 g/mol. The maximum Gasteiger partial charge on any atom is 0.314 e. The number of rotatable bonds is 5. The minimum absolute atomic E-state index is 0.00641. The molecule has 0 unspecified atom stereocenters. The van der Waals surface area contributed by atoms with E-state index in [0.29, 0.717) is 34.0 Å². The average Bonchev–Trinajstić information content (AvgIpc) is 3.50. The molecule has 0 atom stereocenters. The van der Waals surface area contributed by atoms with Gasteiger partial charge in [0.1, 0.15) is 28.6 Å². The summed E-state index contributed by atoms with van der Waals surface area (Å²) in [6.45, 7) is 1.65. The van der Waals surface area contributed by atoms with E-state index in [1.807, 2.05) is 0 Å². The fourth-order valence-electron chi connectivity index (χ4n) is 2.75. The SMILES string of the molecule is COc1cccc(Oc2c(C)oc3cc(OC(=O)C4CC4)ccc3c2=O)c1. The molecule has 1 aromatic heterocycles. The van der Waals surface area contributed by atoms with Crippen LogP contribution >= 0.6 is 0 Å². The van der Waals surface area contributed by atoms with Crippen LogP contribution in [0.4, 0.5) is 0 Å². The second-order valence-corrected chi connectivity index (χ2v) is 6.45. The summed E-state index contributed by atoms with van der Waals surface area (Å²) >= 11 is 0. The topological polar surface area (TPSA) is 75.0 Å². The van der Waals surface area contributed by atoms with E-state index in [9.17, 15) is 9.59 Å². The Morgan fingerprint density at radius 2 is 1.85 bits per heavy atom. The Morgan fingerprint density at radius 1 is 1.07 bits per heavy atom. The summed E-state index contributed by atoms with van der Waals surface area (Å²) in [5.74, 6) is 1.65. The van der Waals surface area contributed by atoms with Crippen molar-refractivity contribution < 1.29 is 23.4 Å². The third-order valence-corrected chi connectivity index (χ3v) is 4.38. The number of carbonyl (C=O) groups is 1. The molecule has 0 amide bonds. The van der Waals surface area contributed by atoms with E-state index in [4.69, 9.17) is 18.6 Å². The number of fused-ring (bicyclic) bond motifs is 1. The molecule has 1 aliphatic rings. The molecule has 0 spiro atoms.